The number of carbonyl (C=O) groups excluding carboxylic acids is 2. The molecule has 0 spiro atoms. The number of nitrogens with two attached hydrogens (primary N) is 1. The molecule has 5 rings (SSSR count). The van der Waals surface area contributed by atoms with E-state index in [0.717, 1.165) is 36.1 Å². The number of nitrogens with one attached hydrogen (secondary N) is 1. The molecule has 4 aromatic rings. The molecule has 182 valence electrons. The Morgan fingerprint density at radius 1 is 0.917 bits per heavy atom. The van der Waals surface area contributed by atoms with Crippen molar-refractivity contribution in [2.24, 2.45) is 5.73 Å². The molecule has 36 heavy (non-hydrogen) atoms. The van der Waals surface area contributed by atoms with Crippen LogP contribution < -0.4 is 11.1 Å². The topological polar surface area (TPSA) is 93.3 Å². The largest absolute Gasteiger partial charge is 0.368 e. The molecule has 7 heteroatoms. The first-order valence-electron chi connectivity index (χ1n) is 12.2. The van der Waals surface area contributed by atoms with Crippen LogP contribution in [-0.4, -0.2) is 39.1 Å². The number of hydrogen-bond donors (Lipinski definition) is 2. The van der Waals surface area contributed by atoms with Gasteiger partial charge in [0.05, 0.1) is 18.2 Å². The van der Waals surface area contributed by atoms with E-state index in [9.17, 15) is 9.59 Å². The normalized spacial score (nSPS) is 15.6. The summed E-state index contributed by atoms with van der Waals surface area (Å²) in [5.74, 6) is -0.501. The Labute approximate surface area is 210 Å². The maximum atomic E-state index is 13.4. The third kappa shape index (κ3) is 5.37. The van der Waals surface area contributed by atoms with Crippen LogP contribution in [0.3, 0.4) is 0 Å². The standard InChI is InChI=1S/C29H29N5O2/c30-28(35)26-15-8-16-33(26)18-22-11-7-14-24(17-22)31-29(36)25-20-34(19-21-9-3-1-4-10-21)32-27(25)23-12-5-2-6-13-23/h1-7,9-14,17,20,26H,8,15-16,18-19H2,(H2,30,35)(H,31,36). The van der Waals surface area contributed by atoms with Gasteiger partial charge in [-0.2, -0.15) is 5.10 Å². The molecule has 1 saturated heterocycles. The molecule has 1 aliphatic heterocycles. The second-order valence-corrected chi connectivity index (χ2v) is 9.13. The molecule has 3 aromatic carbocycles. The first kappa shape index (κ1) is 23.5. The zero-order valence-corrected chi connectivity index (χ0v) is 20.0. The van der Waals surface area contributed by atoms with Crippen LogP contribution in [-0.2, 0) is 17.9 Å². The van der Waals surface area contributed by atoms with Crippen LogP contribution in [0.5, 0.6) is 0 Å². The molecule has 0 saturated carbocycles. The highest BCUT2D eigenvalue weighted by Crippen LogP contribution is 2.25. The van der Waals surface area contributed by atoms with Gasteiger partial charge in [0.15, 0.2) is 0 Å². The van der Waals surface area contributed by atoms with Gasteiger partial charge in [-0.3, -0.25) is 19.2 Å². The molecule has 1 unspecified atom stereocenters. The Morgan fingerprint density at radius 2 is 1.64 bits per heavy atom. The highest BCUT2D eigenvalue weighted by atomic mass is 16.2. The maximum Gasteiger partial charge on any atom is 0.259 e. The first-order valence-corrected chi connectivity index (χ1v) is 12.2. The lowest BCUT2D eigenvalue weighted by molar-refractivity contribution is -0.122. The van der Waals surface area contributed by atoms with Gasteiger partial charge in [-0.25, -0.2) is 0 Å². The van der Waals surface area contributed by atoms with E-state index in [2.05, 4.69) is 10.2 Å². The lowest BCUT2D eigenvalue weighted by Gasteiger charge is -2.22. The molecule has 1 atom stereocenters. The minimum Gasteiger partial charge on any atom is -0.368 e. The SMILES string of the molecule is NC(=O)C1CCCN1Cc1cccc(NC(=O)c2cn(Cc3ccccc3)nc2-c2ccccc2)c1. The van der Waals surface area contributed by atoms with Crippen LogP contribution in [0.1, 0.15) is 34.3 Å². The molecule has 1 aromatic heterocycles. The third-order valence-corrected chi connectivity index (χ3v) is 6.50. The molecule has 2 amide bonds. The van der Waals surface area contributed by atoms with E-state index in [1.54, 1.807) is 10.9 Å². The minimum atomic E-state index is -0.280. The lowest BCUT2D eigenvalue weighted by atomic mass is 10.1. The molecule has 0 bridgehead atoms. The second-order valence-electron chi connectivity index (χ2n) is 9.13. The van der Waals surface area contributed by atoms with Gasteiger partial charge in [0.25, 0.3) is 5.91 Å². The number of anilines is 1. The molecule has 0 aliphatic carbocycles. The quantitative estimate of drug-likeness (QED) is 0.394. The maximum absolute atomic E-state index is 13.4. The molecule has 2 heterocycles. The fourth-order valence-electron chi connectivity index (χ4n) is 4.77. The van der Waals surface area contributed by atoms with Gasteiger partial charge in [-0.05, 0) is 42.6 Å². The molecule has 1 fully saturated rings. The molecule has 7 nitrogen and oxygen atoms in total. The highest BCUT2D eigenvalue weighted by molar-refractivity contribution is 6.08. The minimum absolute atomic E-state index is 0.221. The van der Waals surface area contributed by atoms with Crippen LogP contribution in [0.15, 0.2) is 91.1 Å². The second kappa shape index (κ2) is 10.6. The van der Waals surface area contributed by atoms with E-state index in [-0.39, 0.29) is 17.9 Å². The van der Waals surface area contributed by atoms with Crippen LogP contribution in [0.25, 0.3) is 11.3 Å². The summed E-state index contributed by atoms with van der Waals surface area (Å²) in [6.07, 6.45) is 3.55. The number of benzene rings is 3. The van der Waals surface area contributed by atoms with E-state index in [1.165, 1.54) is 0 Å². The van der Waals surface area contributed by atoms with E-state index in [4.69, 9.17) is 10.8 Å². The Bertz CT molecular complexity index is 1350. The number of primary amides is 1. The van der Waals surface area contributed by atoms with Crippen LogP contribution in [0.4, 0.5) is 5.69 Å². The van der Waals surface area contributed by atoms with Crippen LogP contribution in [0.2, 0.25) is 0 Å². The monoisotopic (exact) mass is 479 g/mol. The first-order chi connectivity index (χ1) is 17.6. The molecular formula is C29H29N5O2. The molecular weight excluding hydrogens is 450 g/mol. The van der Waals surface area contributed by atoms with Gasteiger partial charge >= 0.3 is 0 Å². The average Bonchev–Trinajstić information content (AvgIpc) is 3.53. The van der Waals surface area contributed by atoms with Crippen molar-refractivity contribution in [1.82, 2.24) is 14.7 Å². The summed E-state index contributed by atoms with van der Waals surface area (Å²) in [5, 5.41) is 7.80. The van der Waals surface area contributed by atoms with Crippen molar-refractivity contribution < 1.29 is 9.59 Å². The van der Waals surface area contributed by atoms with Gasteiger partial charge < -0.3 is 11.1 Å². The van der Waals surface area contributed by atoms with Crippen molar-refractivity contribution in [2.75, 3.05) is 11.9 Å². The average molecular weight is 480 g/mol. The van der Waals surface area contributed by atoms with Crippen molar-refractivity contribution in [1.29, 1.82) is 0 Å². The summed E-state index contributed by atoms with van der Waals surface area (Å²) in [7, 11) is 0. The summed E-state index contributed by atoms with van der Waals surface area (Å²) < 4.78 is 1.81. The van der Waals surface area contributed by atoms with E-state index < -0.39 is 0 Å². The number of carbonyl (C=O) groups is 2. The van der Waals surface area contributed by atoms with E-state index in [0.29, 0.717) is 30.0 Å². The fraction of sp³-hybridized carbons (Fsp3) is 0.207. The Morgan fingerprint density at radius 3 is 2.39 bits per heavy atom. The zero-order valence-electron chi connectivity index (χ0n) is 20.0. The summed E-state index contributed by atoms with van der Waals surface area (Å²) in [4.78, 5) is 27.3. The van der Waals surface area contributed by atoms with Gasteiger partial charge in [0.2, 0.25) is 5.91 Å². The smallest absolute Gasteiger partial charge is 0.259 e. The molecule has 3 N–H and O–H groups in total. The van der Waals surface area contributed by atoms with E-state index >= 15 is 0 Å². The van der Waals surface area contributed by atoms with Gasteiger partial charge in [-0.1, -0.05) is 72.8 Å². The Kier molecular flexibility index (Phi) is 6.91. The number of aromatic nitrogens is 2. The molecule has 1 aliphatic rings. The predicted molar refractivity (Wildman–Crippen MR) is 140 cm³/mol. The number of nitrogens with zero attached hydrogens (tertiary/aromatic N) is 3. The van der Waals surface area contributed by atoms with Gasteiger partial charge in [0.1, 0.15) is 5.69 Å². The highest BCUT2D eigenvalue weighted by Gasteiger charge is 2.28. The van der Waals surface area contributed by atoms with Gasteiger partial charge in [-0.15, -0.1) is 0 Å². The summed E-state index contributed by atoms with van der Waals surface area (Å²) in [5.41, 5.74) is 10.4. The summed E-state index contributed by atoms with van der Waals surface area (Å²) in [6, 6.07) is 27.3. The fourth-order valence-corrected chi connectivity index (χ4v) is 4.77. The van der Waals surface area contributed by atoms with Crippen molar-refractivity contribution in [3.05, 3.63) is 108 Å². The Balaban J connectivity index is 1.37. The third-order valence-electron chi connectivity index (χ3n) is 6.50. The predicted octanol–water partition coefficient (Wildman–Crippen LogP) is 4.30. The Hall–Kier alpha value is -4.23. The van der Waals surface area contributed by atoms with Crippen LogP contribution >= 0.6 is 0 Å². The van der Waals surface area contributed by atoms with Crippen molar-refractivity contribution >= 4 is 17.5 Å². The van der Waals surface area contributed by atoms with Crippen LogP contribution in [0, 0.1) is 0 Å². The van der Waals surface area contributed by atoms with Crippen molar-refractivity contribution in [3.63, 3.8) is 0 Å². The van der Waals surface area contributed by atoms with Crippen molar-refractivity contribution in [3.8, 4) is 11.3 Å². The van der Waals surface area contributed by atoms with Gasteiger partial charge in [0, 0.05) is 24.0 Å². The number of hydrogen-bond acceptors (Lipinski definition) is 4. The number of likely N-dealkylation sites (tertiary alicyclic amines) is 1. The van der Waals surface area contributed by atoms with Crippen molar-refractivity contribution in [2.45, 2.75) is 32.0 Å². The zero-order chi connectivity index (χ0) is 24.9. The summed E-state index contributed by atoms with van der Waals surface area (Å²) >= 11 is 0. The van der Waals surface area contributed by atoms with E-state index in [1.807, 2.05) is 84.9 Å². The summed E-state index contributed by atoms with van der Waals surface area (Å²) in [6.45, 7) is 2.02. The molecule has 0 radical (unpaired) electrons. The number of amides is 2. The number of rotatable bonds is 8. The lowest BCUT2D eigenvalue weighted by Crippen LogP contribution is -2.39.